The lowest BCUT2D eigenvalue weighted by atomic mass is 9.91. The summed E-state index contributed by atoms with van der Waals surface area (Å²) in [6, 6.07) is 1.79. The van der Waals surface area contributed by atoms with E-state index in [4.69, 9.17) is 14.7 Å². The third-order valence-corrected chi connectivity index (χ3v) is 2.36. The monoisotopic (exact) mass is 241 g/mol. The van der Waals surface area contributed by atoms with Gasteiger partial charge in [0.2, 0.25) is 11.6 Å². The van der Waals surface area contributed by atoms with E-state index in [-0.39, 0.29) is 30.3 Å². The van der Waals surface area contributed by atoms with Crippen molar-refractivity contribution >= 4 is 0 Å². The van der Waals surface area contributed by atoms with E-state index < -0.39 is 12.0 Å². The standard InChI is InChI=1S/C10H9F2N3O2/c1-16-9-7(4-13)14-5-8(15-9)17-6-2-10(11,12)3-6/h5-6H,2-3H2,1H3. The van der Waals surface area contributed by atoms with Crippen molar-refractivity contribution < 1.29 is 18.3 Å². The van der Waals surface area contributed by atoms with Gasteiger partial charge < -0.3 is 9.47 Å². The van der Waals surface area contributed by atoms with Crippen LogP contribution in [0.15, 0.2) is 6.20 Å². The zero-order chi connectivity index (χ0) is 12.5. The van der Waals surface area contributed by atoms with E-state index in [2.05, 4.69) is 9.97 Å². The van der Waals surface area contributed by atoms with E-state index in [9.17, 15) is 8.78 Å². The maximum atomic E-state index is 12.6. The highest BCUT2D eigenvalue weighted by molar-refractivity contribution is 5.32. The third-order valence-electron chi connectivity index (χ3n) is 2.36. The highest BCUT2D eigenvalue weighted by atomic mass is 19.3. The Balaban J connectivity index is 2.06. The van der Waals surface area contributed by atoms with Crippen LogP contribution in [0.25, 0.3) is 0 Å². The molecular formula is C10H9F2N3O2. The molecule has 1 aliphatic rings. The van der Waals surface area contributed by atoms with Crippen LogP contribution < -0.4 is 9.47 Å². The lowest BCUT2D eigenvalue weighted by Crippen LogP contribution is -2.43. The molecule has 2 rings (SSSR count). The van der Waals surface area contributed by atoms with Crippen molar-refractivity contribution in [2.24, 2.45) is 0 Å². The Morgan fingerprint density at radius 1 is 1.53 bits per heavy atom. The first-order valence-corrected chi connectivity index (χ1v) is 4.90. The predicted molar refractivity (Wildman–Crippen MR) is 51.9 cm³/mol. The minimum atomic E-state index is -2.64. The van der Waals surface area contributed by atoms with Gasteiger partial charge in [-0.15, -0.1) is 0 Å². The molecule has 1 aromatic heterocycles. The van der Waals surface area contributed by atoms with Gasteiger partial charge in [-0.3, -0.25) is 0 Å². The van der Waals surface area contributed by atoms with Crippen LogP contribution in [0.5, 0.6) is 11.8 Å². The molecule has 1 aliphatic carbocycles. The summed E-state index contributed by atoms with van der Waals surface area (Å²) in [5.74, 6) is -2.54. The van der Waals surface area contributed by atoms with E-state index in [1.165, 1.54) is 13.3 Å². The highest BCUT2D eigenvalue weighted by Gasteiger charge is 2.47. The molecule has 17 heavy (non-hydrogen) atoms. The molecule has 90 valence electrons. The van der Waals surface area contributed by atoms with Crippen molar-refractivity contribution in [1.82, 2.24) is 9.97 Å². The van der Waals surface area contributed by atoms with Gasteiger partial charge in [-0.1, -0.05) is 0 Å². The van der Waals surface area contributed by atoms with Crippen LogP contribution in [-0.2, 0) is 0 Å². The zero-order valence-corrected chi connectivity index (χ0v) is 8.98. The normalized spacial score (nSPS) is 18.0. The fourth-order valence-electron chi connectivity index (χ4n) is 1.49. The van der Waals surface area contributed by atoms with Crippen molar-refractivity contribution in [2.75, 3.05) is 7.11 Å². The van der Waals surface area contributed by atoms with Gasteiger partial charge >= 0.3 is 0 Å². The van der Waals surface area contributed by atoms with Gasteiger partial charge in [-0.2, -0.15) is 10.2 Å². The van der Waals surface area contributed by atoms with Crippen molar-refractivity contribution in [3.8, 4) is 17.8 Å². The Labute approximate surface area is 96.0 Å². The second-order valence-corrected chi connectivity index (χ2v) is 3.68. The number of nitrogens with zero attached hydrogens (tertiary/aromatic N) is 3. The number of hydrogen-bond donors (Lipinski definition) is 0. The molecule has 1 aromatic rings. The average Bonchev–Trinajstić information content (AvgIpc) is 2.26. The lowest BCUT2D eigenvalue weighted by Gasteiger charge is -2.34. The molecule has 0 aliphatic heterocycles. The van der Waals surface area contributed by atoms with E-state index in [0.717, 1.165) is 0 Å². The van der Waals surface area contributed by atoms with E-state index >= 15 is 0 Å². The smallest absolute Gasteiger partial charge is 0.255 e. The van der Waals surface area contributed by atoms with Crippen LogP contribution in [0.3, 0.4) is 0 Å². The molecule has 5 nitrogen and oxygen atoms in total. The maximum absolute atomic E-state index is 12.6. The number of aromatic nitrogens is 2. The summed E-state index contributed by atoms with van der Waals surface area (Å²) in [4.78, 5) is 7.61. The van der Waals surface area contributed by atoms with E-state index in [0.29, 0.717) is 0 Å². The molecule has 0 spiro atoms. The van der Waals surface area contributed by atoms with Gasteiger partial charge in [0.25, 0.3) is 11.8 Å². The number of alkyl halides is 2. The average molecular weight is 241 g/mol. The number of nitriles is 1. The minimum Gasteiger partial charge on any atom is -0.479 e. The van der Waals surface area contributed by atoms with Crippen molar-refractivity contribution in [3.05, 3.63) is 11.9 Å². The molecule has 0 atom stereocenters. The fraction of sp³-hybridized carbons (Fsp3) is 0.500. The second-order valence-electron chi connectivity index (χ2n) is 3.68. The van der Waals surface area contributed by atoms with Gasteiger partial charge in [0, 0.05) is 12.8 Å². The van der Waals surface area contributed by atoms with Gasteiger partial charge in [0.1, 0.15) is 12.2 Å². The maximum Gasteiger partial charge on any atom is 0.255 e. The van der Waals surface area contributed by atoms with Crippen LogP contribution in [0.2, 0.25) is 0 Å². The molecular weight excluding hydrogens is 232 g/mol. The van der Waals surface area contributed by atoms with Gasteiger partial charge in [0.05, 0.1) is 13.3 Å². The Hall–Kier alpha value is -1.97. The Bertz CT molecular complexity index is 465. The molecule has 0 saturated heterocycles. The molecule has 0 unspecified atom stereocenters. The highest BCUT2D eigenvalue weighted by Crippen LogP contribution is 2.39. The van der Waals surface area contributed by atoms with Gasteiger partial charge in [0.15, 0.2) is 0 Å². The number of methoxy groups -OCH3 is 1. The molecule has 0 amide bonds. The van der Waals surface area contributed by atoms with Gasteiger partial charge in [-0.05, 0) is 0 Å². The van der Waals surface area contributed by atoms with Crippen LogP contribution >= 0.6 is 0 Å². The third kappa shape index (κ3) is 2.41. The molecule has 0 aromatic carbocycles. The first kappa shape index (κ1) is 11.5. The number of halogens is 2. The van der Waals surface area contributed by atoms with Gasteiger partial charge in [-0.25, -0.2) is 13.8 Å². The predicted octanol–water partition coefficient (Wildman–Crippen LogP) is 1.53. The number of hydrogen-bond acceptors (Lipinski definition) is 5. The molecule has 0 radical (unpaired) electrons. The summed E-state index contributed by atoms with van der Waals surface area (Å²) in [6.07, 6.45) is 0.0165. The minimum absolute atomic E-state index is 0.0242. The first-order chi connectivity index (χ1) is 8.04. The Morgan fingerprint density at radius 2 is 2.24 bits per heavy atom. The Morgan fingerprint density at radius 3 is 2.76 bits per heavy atom. The van der Waals surface area contributed by atoms with Crippen molar-refractivity contribution in [1.29, 1.82) is 5.26 Å². The zero-order valence-electron chi connectivity index (χ0n) is 8.98. The van der Waals surface area contributed by atoms with E-state index in [1.807, 2.05) is 0 Å². The summed E-state index contributed by atoms with van der Waals surface area (Å²) in [5, 5.41) is 8.68. The summed E-state index contributed by atoms with van der Waals surface area (Å²) < 4.78 is 35.2. The SMILES string of the molecule is COc1nc(OC2CC(F)(F)C2)cnc1C#N. The topological polar surface area (TPSA) is 68.0 Å². The molecule has 1 saturated carbocycles. The lowest BCUT2D eigenvalue weighted by molar-refractivity contribution is -0.135. The van der Waals surface area contributed by atoms with Crippen LogP contribution in [0.4, 0.5) is 8.78 Å². The quantitative estimate of drug-likeness (QED) is 0.802. The summed E-state index contributed by atoms with van der Waals surface area (Å²) in [6.45, 7) is 0. The van der Waals surface area contributed by atoms with Crippen molar-refractivity contribution in [2.45, 2.75) is 24.9 Å². The number of ether oxygens (including phenoxy) is 2. The summed E-state index contributed by atoms with van der Waals surface area (Å²) in [7, 11) is 1.34. The van der Waals surface area contributed by atoms with E-state index in [1.54, 1.807) is 6.07 Å². The second kappa shape index (κ2) is 4.13. The summed E-state index contributed by atoms with van der Waals surface area (Å²) in [5.41, 5.74) is 0.0267. The van der Waals surface area contributed by atoms with Crippen LogP contribution in [0, 0.1) is 11.3 Å². The first-order valence-electron chi connectivity index (χ1n) is 4.90. The molecule has 1 fully saturated rings. The number of rotatable bonds is 3. The molecule has 1 heterocycles. The Kier molecular flexibility index (Phi) is 2.79. The molecule has 0 N–H and O–H groups in total. The van der Waals surface area contributed by atoms with Crippen LogP contribution in [-0.4, -0.2) is 29.1 Å². The largest absolute Gasteiger partial charge is 0.479 e. The van der Waals surface area contributed by atoms with Crippen LogP contribution in [0.1, 0.15) is 18.5 Å². The molecule has 7 heteroatoms. The molecule has 0 bridgehead atoms. The van der Waals surface area contributed by atoms with Crippen molar-refractivity contribution in [3.63, 3.8) is 0 Å². The fourth-order valence-corrected chi connectivity index (χ4v) is 1.49. The summed E-state index contributed by atoms with van der Waals surface area (Å²) >= 11 is 0.